The number of furan rings is 1. The Hall–Kier alpha value is -2.47. The zero-order valence-electron chi connectivity index (χ0n) is 14.5. The summed E-state index contributed by atoms with van der Waals surface area (Å²) in [4.78, 5) is 26.4. The van der Waals surface area contributed by atoms with Gasteiger partial charge in [-0.05, 0) is 54.3 Å². The fourth-order valence-corrected chi connectivity index (χ4v) is 3.18. The van der Waals surface area contributed by atoms with Crippen LogP contribution in [-0.4, -0.2) is 36.4 Å². The quantitative estimate of drug-likeness (QED) is 0.869. The molecule has 3 rings (SSSR count). The van der Waals surface area contributed by atoms with Crippen LogP contribution >= 0.6 is 11.6 Å². The van der Waals surface area contributed by atoms with Gasteiger partial charge in [0.05, 0.1) is 7.11 Å². The van der Waals surface area contributed by atoms with Gasteiger partial charge in [-0.2, -0.15) is 0 Å². The maximum Gasteiger partial charge on any atom is 0.287 e. The van der Waals surface area contributed by atoms with Crippen molar-refractivity contribution in [3.05, 3.63) is 52.9 Å². The first-order valence-corrected chi connectivity index (χ1v) is 8.90. The van der Waals surface area contributed by atoms with E-state index in [9.17, 15) is 9.59 Å². The van der Waals surface area contributed by atoms with Gasteiger partial charge in [0.2, 0.25) is 5.91 Å². The zero-order valence-corrected chi connectivity index (χ0v) is 15.3. The van der Waals surface area contributed by atoms with Gasteiger partial charge in [-0.25, -0.2) is 0 Å². The molecular formula is C19H21ClN2O4. The van der Waals surface area contributed by atoms with Crippen LogP contribution in [0.25, 0.3) is 0 Å². The summed E-state index contributed by atoms with van der Waals surface area (Å²) in [6.07, 6.45) is 1.69. The van der Waals surface area contributed by atoms with Gasteiger partial charge in [0, 0.05) is 25.6 Å². The minimum atomic E-state index is -0.310. The molecule has 2 heterocycles. The first-order valence-electron chi connectivity index (χ1n) is 8.52. The summed E-state index contributed by atoms with van der Waals surface area (Å²) in [5.74, 6) is 0.729. The second-order valence-electron chi connectivity index (χ2n) is 6.27. The third kappa shape index (κ3) is 4.58. The lowest BCUT2D eigenvalue weighted by molar-refractivity contribution is -0.131. The lowest BCUT2D eigenvalue weighted by Crippen LogP contribution is -2.35. The molecule has 1 saturated heterocycles. The highest BCUT2D eigenvalue weighted by molar-refractivity contribution is 6.29. The average Bonchev–Trinajstić information content (AvgIpc) is 3.01. The maximum absolute atomic E-state index is 12.4. The van der Waals surface area contributed by atoms with Gasteiger partial charge in [0.1, 0.15) is 5.75 Å². The van der Waals surface area contributed by atoms with E-state index in [1.54, 1.807) is 7.11 Å². The van der Waals surface area contributed by atoms with Gasteiger partial charge in [-0.1, -0.05) is 12.1 Å². The molecule has 26 heavy (non-hydrogen) atoms. The first-order chi connectivity index (χ1) is 12.5. The fourth-order valence-electron chi connectivity index (χ4n) is 3.03. The average molecular weight is 377 g/mol. The van der Waals surface area contributed by atoms with Crippen molar-refractivity contribution in [2.45, 2.75) is 31.8 Å². The minimum absolute atomic E-state index is 0.0781. The summed E-state index contributed by atoms with van der Waals surface area (Å²) in [7, 11) is 1.62. The van der Waals surface area contributed by atoms with E-state index >= 15 is 0 Å². The van der Waals surface area contributed by atoms with E-state index in [0.29, 0.717) is 32.4 Å². The van der Waals surface area contributed by atoms with Crippen molar-refractivity contribution in [1.82, 2.24) is 10.2 Å². The number of hydrogen-bond acceptors (Lipinski definition) is 4. The summed E-state index contributed by atoms with van der Waals surface area (Å²) in [5.41, 5.74) is 1.02. The lowest BCUT2D eigenvalue weighted by Gasteiger charge is -2.21. The van der Waals surface area contributed by atoms with Crippen LogP contribution in [0.1, 0.15) is 35.4 Å². The summed E-state index contributed by atoms with van der Waals surface area (Å²) < 4.78 is 10.4. The highest BCUT2D eigenvalue weighted by Crippen LogP contribution is 2.19. The third-order valence-corrected chi connectivity index (χ3v) is 4.65. The van der Waals surface area contributed by atoms with Crippen molar-refractivity contribution in [3.8, 4) is 5.75 Å². The number of benzene rings is 1. The molecule has 1 N–H and O–H groups in total. The second-order valence-corrected chi connectivity index (χ2v) is 6.64. The van der Waals surface area contributed by atoms with E-state index in [1.165, 1.54) is 12.1 Å². The Balaban J connectivity index is 1.59. The highest BCUT2D eigenvalue weighted by Gasteiger charge is 2.24. The molecular weight excluding hydrogens is 356 g/mol. The van der Waals surface area contributed by atoms with Crippen molar-refractivity contribution < 1.29 is 18.7 Å². The zero-order chi connectivity index (χ0) is 18.5. The number of amides is 2. The third-order valence-electron chi connectivity index (χ3n) is 4.45. The highest BCUT2D eigenvalue weighted by atomic mass is 35.5. The summed E-state index contributed by atoms with van der Waals surface area (Å²) in [5, 5.41) is 3.10. The van der Waals surface area contributed by atoms with Crippen LogP contribution in [0.2, 0.25) is 5.22 Å². The van der Waals surface area contributed by atoms with Crippen LogP contribution in [0, 0.1) is 0 Å². The molecule has 6 nitrogen and oxygen atoms in total. The van der Waals surface area contributed by atoms with Gasteiger partial charge in [-0.3, -0.25) is 9.59 Å². The Morgan fingerprint density at radius 3 is 2.92 bits per heavy atom. The van der Waals surface area contributed by atoms with Crippen molar-refractivity contribution >= 4 is 23.4 Å². The summed E-state index contributed by atoms with van der Waals surface area (Å²) in [6.45, 7) is 1.12. The number of ether oxygens (including phenoxy) is 1. The number of carbonyl (C=O) groups excluding carboxylic acids is 2. The Morgan fingerprint density at radius 1 is 1.35 bits per heavy atom. The molecule has 1 atom stereocenters. The van der Waals surface area contributed by atoms with E-state index in [1.807, 2.05) is 29.2 Å². The smallest absolute Gasteiger partial charge is 0.287 e. The largest absolute Gasteiger partial charge is 0.497 e. The predicted octanol–water partition coefficient (Wildman–Crippen LogP) is 3.25. The molecule has 0 bridgehead atoms. The van der Waals surface area contributed by atoms with Crippen molar-refractivity contribution in [1.29, 1.82) is 0 Å². The molecule has 1 aromatic heterocycles. The van der Waals surface area contributed by atoms with Crippen molar-refractivity contribution in [2.75, 3.05) is 13.7 Å². The Labute approximate surface area is 157 Å². The number of rotatable bonds is 5. The Morgan fingerprint density at radius 2 is 2.19 bits per heavy atom. The van der Waals surface area contributed by atoms with E-state index in [2.05, 4.69) is 5.32 Å². The molecule has 1 aliphatic heterocycles. The number of methoxy groups -OCH3 is 1. The number of carbonyl (C=O) groups is 2. The lowest BCUT2D eigenvalue weighted by atomic mass is 10.1. The summed E-state index contributed by atoms with van der Waals surface area (Å²) >= 11 is 5.70. The van der Waals surface area contributed by atoms with Gasteiger partial charge >= 0.3 is 0 Å². The van der Waals surface area contributed by atoms with Gasteiger partial charge in [0.25, 0.3) is 5.91 Å². The minimum Gasteiger partial charge on any atom is -0.497 e. The number of hydrogen-bond donors (Lipinski definition) is 1. The SMILES string of the molecule is COc1cccc(CN2CCC(NC(=O)c3ccc(Cl)o3)CCC2=O)c1. The topological polar surface area (TPSA) is 71.8 Å². The van der Waals surface area contributed by atoms with Crippen LogP contribution in [0.5, 0.6) is 5.75 Å². The van der Waals surface area contributed by atoms with Crippen LogP contribution in [0.15, 0.2) is 40.8 Å². The van der Waals surface area contributed by atoms with E-state index in [-0.39, 0.29) is 28.8 Å². The molecule has 0 radical (unpaired) electrons. The molecule has 2 aromatic rings. The number of halogens is 1. The Bertz CT molecular complexity index is 789. The molecule has 1 unspecified atom stereocenters. The molecule has 7 heteroatoms. The van der Waals surface area contributed by atoms with Crippen LogP contribution in [0.3, 0.4) is 0 Å². The number of likely N-dealkylation sites (tertiary alicyclic amines) is 1. The number of nitrogens with zero attached hydrogens (tertiary/aromatic N) is 1. The van der Waals surface area contributed by atoms with Crippen LogP contribution < -0.4 is 10.1 Å². The second kappa shape index (κ2) is 8.27. The van der Waals surface area contributed by atoms with E-state index < -0.39 is 0 Å². The summed E-state index contributed by atoms with van der Waals surface area (Å²) in [6, 6.07) is 10.7. The number of nitrogens with one attached hydrogen (secondary N) is 1. The molecule has 0 spiro atoms. The predicted molar refractivity (Wildman–Crippen MR) is 97.2 cm³/mol. The van der Waals surface area contributed by atoms with Crippen molar-refractivity contribution in [3.63, 3.8) is 0 Å². The van der Waals surface area contributed by atoms with E-state index in [4.69, 9.17) is 20.8 Å². The first kappa shape index (κ1) is 18.3. The normalized spacial score (nSPS) is 17.7. The Kier molecular flexibility index (Phi) is 5.83. The maximum atomic E-state index is 12.4. The molecule has 0 saturated carbocycles. The van der Waals surface area contributed by atoms with Crippen LogP contribution in [0.4, 0.5) is 0 Å². The molecule has 1 aliphatic rings. The molecule has 0 aliphatic carbocycles. The molecule has 138 valence electrons. The standard InChI is InChI=1S/C19H21ClN2O4/c1-25-15-4-2-3-13(11-15)12-22-10-9-14(5-8-18(22)23)21-19(24)16-6-7-17(20)26-16/h2-4,6-7,11,14H,5,8-10,12H2,1H3,(H,21,24). The van der Waals surface area contributed by atoms with Gasteiger partial charge in [0.15, 0.2) is 11.0 Å². The van der Waals surface area contributed by atoms with Gasteiger partial charge in [-0.15, -0.1) is 0 Å². The van der Waals surface area contributed by atoms with Gasteiger partial charge < -0.3 is 19.4 Å². The van der Waals surface area contributed by atoms with E-state index in [0.717, 1.165) is 11.3 Å². The fraction of sp³-hybridized carbons (Fsp3) is 0.368. The molecule has 2 amide bonds. The van der Waals surface area contributed by atoms with Crippen LogP contribution in [-0.2, 0) is 11.3 Å². The molecule has 1 fully saturated rings. The molecule has 1 aromatic carbocycles. The monoisotopic (exact) mass is 376 g/mol. The van der Waals surface area contributed by atoms with Crippen molar-refractivity contribution in [2.24, 2.45) is 0 Å².